The van der Waals surface area contributed by atoms with E-state index in [1.807, 2.05) is 20.8 Å². The van der Waals surface area contributed by atoms with Gasteiger partial charge >= 0.3 is 5.97 Å². The van der Waals surface area contributed by atoms with Crippen LogP contribution in [-0.4, -0.2) is 68.3 Å². The SMILES string of the molecule is CCOC(=O)C1CCCN(C(=O)CCC(=O)N(CC(C)(C)C)c2ccc(Cl)cc2C(O)c2cccc(OC)c2OC)C1. The number of anilines is 1. The summed E-state index contributed by atoms with van der Waals surface area (Å²) in [6, 6.07) is 10.2. The van der Waals surface area contributed by atoms with Crippen LogP contribution in [0, 0.1) is 11.3 Å². The minimum Gasteiger partial charge on any atom is -0.493 e. The van der Waals surface area contributed by atoms with E-state index in [0.717, 1.165) is 0 Å². The van der Waals surface area contributed by atoms with Crippen LogP contribution in [0.25, 0.3) is 0 Å². The fourth-order valence-corrected chi connectivity index (χ4v) is 5.41. The molecule has 3 rings (SSSR count). The fraction of sp³-hybridized carbons (Fsp3) is 0.531. The van der Waals surface area contributed by atoms with E-state index in [1.54, 1.807) is 53.1 Å². The number of esters is 1. The largest absolute Gasteiger partial charge is 0.493 e. The molecule has 230 valence electrons. The topological polar surface area (TPSA) is 106 Å². The lowest BCUT2D eigenvalue weighted by Crippen LogP contribution is -2.43. The maximum atomic E-state index is 13.8. The van der Waals surface area contributed by atoms with Gasteiger partial charge in [0.25, 0.3) is 0 Å². The van der Waals surface area contributed by atoms with E-state index >= 15 is 0 Å². The zero-order valence-electron chi connectivity index (χ0n) is 25.4. The molecule has 1 N–H and O–H groups in total. The number of aliphatic hydroxyl groups is 1. The van der Waals surface area contributed by atoms with Gasteiger partial charge in [-0.25, -0.2) is 0 Å². The van der Waals surface area contributed by atoms with E-state index < -0.39 is 6.10 Å². The molecule has 2 aromatic carbocycles. The quantitative estimate of drug-likeness (QED) is 0.343. The van der Waals surface area contributed by atoms with Crippen molar-refractivity contribution in [2.45, 2.75) is 59.5 Å². The van der Waals surface area contributed by atoms with Gasteiger partial charge in [-0.3, -0.25) is 14.4 Å². The first kappa shape index (κ1) is 33.2. The van der Waals surface area contributed by atoms with Gasteiger partial charge in [0.15, 0.2) is 11.5 Å². The maximum absolute atomic E-state index is 13.8. The minimum absolute atomic E-state index is 0.00417. The van der Waals surface area contributed by atoms with Gasteiger partial charge < -0.3 is 29.1 Å². The van der Waals surface area contributed by atoms with Crippen LogP contribution in [0.2, 0.25) is 5.02 Å². The lowest BCUT2D eigenvalue weighted by molar-refractivity contribution is -0.151. The number of halogens is 1. The van der Waals surface area contributed by atoms with E-state index in [4.69, 9.17) is 25.8 Å². The molecule has 0 aliphatic carbocycles. The summed E-state index contributed by atoms with van der Waals surface area (Å²) in [7, 11) is 3.02. The van der Waals surface area contributed by atoms with Crippen LogP contribution < -0.4 is 14.4 Å². The van der Waals surface area contributed by atoms with Gasteiger partial charge in [0, 0.05) is 54.3 Å². The van der Waals surface area contributed by atoms with Crippen LogP contribution in [-0.2, 0) is 19.1 Å². The molecule has 1 aliphatic heterocycles. The Hall–Kier alpha value is -3.30. The second-order valence-corrected chi connectivity index (χ2v) is 12.1. The van der Waals surface area contributed by atoms with Crippen molar-refractivity contribution in [1.82, 2.24) is 4.90 Å². The standard InChI is InChI=1S/C32H43ClN2O7/c1-7-42-31(39)21-10-9-17-34(19-21)27(36)15-16-28(37)35(20-32(2,3)4)25-14-13-22(33)18-24(25)29(38)23-11-8-12-26(40-5)30(23)41-6/h8,11-14,18,21,29,38H,7,9-10,15-17,19-20H2,1-6H3. The molecule has 2 aromatic rings. The van der Waals surface area contributed by atoms with Crippen LogP contribution in [0.1, 0.15) is 70.6 Å². The highest BCUT2D eigenvalue weighted by molar-refractivity contribution is 6.30. The van der Waals surface area contributed by atoms with Gasteiger partial charge in [-0.15, -0.1) is 0 Å². The van der Waals surface area contributed by atoms with E-state index in [2.05, 4.69) is 0 Å². The van der Waals surface area contributed by atoms with Crippen LogP contribution in [0.4, 0.5) is 5.69 Å². The number of nitrogens with zero attached hydrogens (tertiary/aromatic N) is 2. The highest BCUT2D eigenvalue weighted by atomic mass is 35.5. The number of methoxy groups -OCH3 is 2. The molecule has 9 nitrogen and oxygen atoms in total. The number of hydrogen-bond donors (Lipinski definition) is 1. The molecule has 42 heavy (non-hydrogen) atoms. The van der Waals surface area contributed by atoms with Crippen molar-refractivity contribution in [2.75, 3.05) is 45.4 Å². The number of piperidine rings is 1. The number of carbonyl (C=O) groups excluding carboxylic acids is 3. The van der Waals surface area contributed by atoms with Crippen LogP contribution in [0.3, 0.4) is 0 Å². The van der Waals surface area contributed by atoms with Crippen molar-refractivity contribution in [3.8, 4) is 11.5 Å². The molecule has 2 atom stereocenters. The first-order valence-electron chi connectivity index (χ1n) is 14.3. The number of carbonyl (C=O) groups is 3. The Morgan fingerprint density at radius 3 is 2.48 bits per heavy atom. The number of hydrogen-bond acceptors (Lipinski definition) is 7. The molecule has 2 unspecified atom stereocenters. The van der Waals surface area contributed by atoms with Crippen LogP contribution in [0.5, 0.6) is 11.5 Å². The number of aliphatic hydroxyl groups excluding tert-OH is 1. The second kappa shape index (κ2) is 14.7. The highest BCUT2D eigenvalue weighted by Gasteiger charge is 2.32. The van der Waals surface area contributed by atoms with Gasteiger partial charge in [0.2, 0.25) is 11.8 Å². The van der Waals surface area contributed by atoms with Crippen molar-refractivity contribution < 1.29 is 33.7 Å². The Bertz CT molecular complexity index is 1260. The summed E-state index contributed by atoms with van der Waals surface area (Å²) in [5.74, 6) is -0.232. The van der Waals surface area contributed by atoms with Crippen LogP contribution in [0.15, 0.2) is 36.4 Å². The van der Waals surface area contributed by atoms with Crippen molar-refractivity contribution in [2.24, 2.45) is 11.3 Å². The molecule has 1 aliphatic rings. The second-order valence-electron chi connectivity index (χ2n) is 11.7. The number of amides is 2. The lowest BCUT2D eigenvalue weighted by atomic mass is 9.93. The molecule has 0 spiro atoms. The summed E-state index contributed by atoms with van der Waals surface area (Å²) in [5, 5.41) is 12.0. The first-order chi connectivity index (χ1) is 19.9. The van der Waals surface area contributed by atoms with Gasteiger partial charge in [-0.05, 0) is 49.4 Å². The van der Waals surface area contributed by atoms with Crippen molar-refractivity contribution in [3.05, 3.63) is 52.5 Å². The maximum Gasteiger partial charge on any atom is 0.310 e. The van der Waals surface area contributed by atoms with E-state index in [9.17, 15) is 19.5 Å². The number of para-hydroxylation sites is 1. The predicted molar refractivity (Wildman–Crippen MR) is 162 cm³/mol. The Morgan fingerprint density at radius 1 is 1.10 bits per heavy atom. The molecule has 0 saturated carbocycles. The lowest BCUT2D eigenvalue weighted by Gasteiger charge is -2.34. The fourth-order valence-electron chi connectivity index (χ4n) is 5.23. The van der Waals surface area contributed by atoms with Gasteiger partial charge in [-0.1, -0.05) is 44.5 Å². The first-order valence-corrected chi connectivity index (χ1v) is 14.7. The zero-order chi connectivity index (χ0) is 31.0. The van der Waals surface area contributed by atoms with Gasteiger partial charge in [0.1, 0.15) is 6.10 Å². The smallest absolute Gasteiger partial charge is 0.310 e. The summed E-state index contributed by atoms with van der Waals surface area (Å²) in [6.45, 7) is 9.28. The van der Waals surface area contributed by atoms with Crippen molar-refractivity contribution >= 4 is 35.1 Å². The monoisotopic (exact) mass is 602 g/mol. The normalized spacial score (nSPS) is 16.0. The third-order valence-corrected chi connectivity index (χ3v) is 7.42. The van der Waals surface area contributed by atoms with E-state index in [0.29, 0.717) is 72.4 Å². The van der Waals surface area contributed by atoms with E-state index in [1.165, 1.54) is 14.2 Å². The Morgan fingerprint density at radius 2 is 1.83 bits per heavy atom. The number of benzene rings is 2. The molecule has 0 aromatic heterocycles. The Kier molecular flexibility index (Phi) is 11.7. The average Bonchev–Trinajstić information content (AvgIpc) is 2.97. The zero-order valence-corrected chi connectivity index (χ0v) is 26.2. The Balaban J connectivity index is 1.88. The van der Waals surface area contributed by atoms with Crippen molar-refractivity contribution in [1.29, 1.82) is 0 Å². The third-order valence-electron chi connectivity index (χ3n) is 7.18. The number of rotatable bonds is 11. The summed E-state index contributed by atoms with van der Waals surface area (Å²) in [4.78, 5) is 42.4. The summed E-state index contributed by atoms with van der Waals surface area (Å²) in [5.41, 5.74) is 1.07. The average molecular weight is 603 g/mol. The molecular formula is C32H43ClN2O7. The predicted octanol–water partition coefficient (Wildman–Crippen LogP) is 5.40. The third kappa shape index (κ3) is 8.38. The van der Waals surface area contributed by atoms with E-state index in [-0.39, 0.29) is 42.0 Å². The summed E-state index contributed by atoms with van der Waals surface area (Å²) in [6.07, 6.45) is 0.175. The molecule has 1 heterocycles. The van der Waals surface area contributed by atoms with Gasteiger partial charge in [0.05, 0.1) is 26.7 Å². The molecule has 1 saturated heterocycles. The summed E-state index contributed by atoms with van der Waals surface area (Å²) >= 11 is 6.39. The summed E-state index contributed by atoms with van der Waals surface area (Å²) < 4.78 is 16.1. The number of likely N-dealkylation sites (tertiary alicyclic amines) is 1. The molecule has 10 heteroatoms. The van der Waals surface area contributed by atoms with Gasteiger partial charge in [-0.2, -0.15) is 0 Å². The van der Waals surface area contributed by atoms with Crippen LogP contribution >= 0.6 is 11.6 Å². The molecule has 0 bridgehead atoms. The molecule has 1 fully saturated rings. The molecular weight excluding hydrogens is 560 g/mol. The molecule has 2 amide bonds. The minimum atomic E-state index is -1.19. The highest BCUT2D eigenvalue weighted by Crippen LogP contribution is 2.41. The molecule has 0 radical (unpaired) electrons. The van der Waals surface area contributed by atoms with Crippen molar-refractivity contribution in [3.63, 3.8) is 0 Å². The number of ether oxygens (including phenoxy) is 3. The Labute approximate surface area is 253 Å².